The summed E-state index contributed by atoms with van der Waals surface area (Å²) >= 11 is 0. The molecule has 6 nitrogen and oxygen atoms in total. The number of piperidine rings is 1. The Kier molecular flexibility index (Phi) is 6.88. The Morgan fingerprint density at radius 1 is 1.30 bits per heavy atom. The number of alkyl carbamates (subject to hydrolysis) is 1. The van der Waals surface area contributed by atoms with E-state index in [1.165, 1.54) is 0 Å². The van der Waals surface area contributed by atoms with Gasteiger partial charge in [0.25, 0.3) is 0 Å². The van der Waals surface area contributed by atoms with Crippen LogP contribution in [0.3, 0.4) is 0 Å². The maximum absolute atomic E-state index is 12.6. The third-order valence-electron chi connectivity index (χ3n) is 4.44. The Morgan fingerprint density at radius 2 is 1.96 bits per heavy atom. The first-order valence-corrected chi connectivity index (χ1v) is 9.28. The summed E-state index contributed by atoms with van der Waals surface area (Å²) in [6.07, 6.45) is 3.12. The number of methoxy groups -OCH3 is 1. The number of rotatable bonds is 5. The highest BCUT2D eigenvalue weighted by molar-refractivity contribution is 5.79. The van der Waals surface area contributed by atoms with Crippen LogP contribution in [0.15, 0.2) is 24.8 Å². The molecule has 1 N–H and O–H groups in total. The molecule has 6 heteroatoms. The molecular weight excluding hydrogens is 344 g/mol. The average Bonchev–Trinajstić information content (AvgIpc) is 2.60. The zero-order valence-corrected chi connectivity index (χ0v) is 16.7. The summed E-state index contributed by atoms with van der Waals surface area (Å²) in [6, 6.07) is 5.73. The molecule has 0 atom stereocenters. The number of hydrogen-bond donors (Lipinski definition) is 1. The van der Waals surface area contributed by atoms with Crippen molar-refractivity contribution < 1.29 is 19.1 Å². The molecule has 1 heterocycles. The number of nitrogens with one attached hydrogen (secondary N) is 1. The Hall–Kier alpha value is -2.50. The Bertz CT molecular complexity index is 686. The molecule has 0 aliphatic carbocycles. The van der Waals surface area contributed by atoms with Crippen molar-refractivity contribution in [2.45, 2.75) is 51.7 Å². The number of nitrogens with zero attached hydrogens (tertiary/aromatic N) is 1. The lowest BCUT2D eigenvalue weighted by atomic mass is 10.0. The van der Waals surface area contributed by atoms with Crippen LogP contribution in [-0.2, 0) is 16.0 Å². The zero-order valence-electron chi connectivity index (χ0n) is 16.7. The van der Waals surface area contributed by atoms with E-state index in [9.17, 15) is 9.59 Å². The largest absolute Gasteiger partial charge is 0.496 e. The molecule has 2 rings (SSSR count). The third-order valence-corrected chi connectivity index (χ3v) is 4.44. The van der Waals surface area contributed by atoms with Crippen molar-refractivity contribution in [1.29, 1.82) is 0 Å². The fourth-order valence-electron chi connectivity index (χ4n) is 3.09. The fraction of sp³-hybridized carbons (Fsp3) is 0.524. The van der Waals surface area contributed by atoms with Crippen LogP contribution in [0.25, 0.3) is 6.08 Å². The lowest BCUT2D eigenvalue weighted by molar-refractivity contribution is -0.131. The predicted octanol–water partition coefficient (Wildman–Crippen LogP) is 3.40. The summed E-state index contributed by atoms with van der Waals surface area (Å²) in [4.78, 5) is 26.3. The number of benzene rings is 1. The molecule has 0 unspecified atom stereocenters. The van der Waals surface area contributed by atoms with E-state index in [4.69, 9.17) is 9.47 Å². The van der Waals surface area contributed by atoms with Gasteiger partial charge in [0, 0.05) is 24.7 Å². The Balaban J connectivity index is 1.84. The SMILES string of the molecule is C=Cc1cc(CC(=O)N2CCC(NC(=O)OC(C)(C)C)CC2)ccc1OC. The maximum Gasteiger partial charge on any atom is 0.407 e. The quantitative estimate of drug-likeness (QED) is 0.858. The van der Waals surface area contributed by atoms with Gasteiger partial charge in [0.2, 0.25) is 5.91 Å². The predicted molar refractivity (Wildman–Crippen MR) is 106 cm³/mol. The summed E-state index contributed by atoms with van der Waals surface area (Å²) in [5, 5.41) is 2.89. The van der Waals surface area contributed by atoms with E-state index >= 15 is 0 Å². The van der Waals surface area contributed by atoms with Crippen molar-refractivity contribution in [2.75, 3.05) is 20.2 Å². The van der Waals surface area contributed by atoms with Crippen LogP contribution in [0.1, 0.15) is 44.7 Å². The standard InChI is InChI=1S/C21H30N2O4/c1-6-16-13-15(7-8-18(16)26-5)14-19(24)23-11-9-17(10-12-23)22-20(25)27-21(2,3)4/h6-8,13,17H,1,9-12,14H2,2-5H3,(H,22,25). The van der Waals surface area contributed by atoms with Gasteiger partial charge in [-0.25, -0.2) is 4.79 Å². The van der Waals surface area contributed by atoms with E-state index in [0.29, 0.717) is 19.5 Å². The lowest BCUT2D eigenvalue weighted by Gasteiger charge is -2.33. The third kappa shape index (κ3) is 6.31. The molecule has 148 valence electrons. The minimum Gasteiger partial charge on any atom is -0.496 e. The molecule has 0 spiro atoms. The molecule has 0 radical (unpaired) electrons. The molecule has 0 aromatic heterocycles. The van der Waals surface area contributed by atoms with Gasteiger partial charge in [-0.3, -0.25) is 4.79 Å². The number of hydrogen-bond acceptors (Lipinski definition) is 4. The molecule has 0 bridgehead atoms. The highest BCUT2D eigenvalue weighted by atomic mass is 16.6. The number of ether oxygens (including phenoxy) is 2. The first kappa shape index (κ1) is 20.8. The van der Waals surface area contributed by atoms with E-state index in [2.05, 4.69) is 11.9 Å². The van der Waals surface area contributed by atoms with Gasteiger partial charge in [-0.1, -0.05) is 18.7 Å². The van der Waals surface area contributed by atoms with E-state index in [-0.39, 0.29) is 11.9 Å². The van der Waals surface area contributed by atoms with Crippen molar-refractivity contribution in [3.8, 4) is 5.75 Å². The van der Waals surface area contributed by atoms with E-state index in [0.717, 1.165) is 29.7 Å². The number of carbonyl (C=O) groups is 2. The van der Waals surface area contributed by atoms with Gasteiger partial charge in [-0.05, 0) is 51.3 Å². The average molecular weight is 374 g/mol. The fourth-order valence-corrected chi connectivity index (χ4v) is 3.09. The summed E-state index contributed by atoms with van der Waals surface area (Å²) in [5.74, 6) is 0.834. The van der Waals surface area contributed by atoms with Crippen LogP contribution in [0, 0.1) is 0 Å². The highest BCUT2D eigenvalue weighted by Crippen LogP contribution is 2.22. The minimum atomic E-state index is -0.511. The topological polar surface area (TPSA) is 67.9 Å². The summed E-state index contributed by atoms with van der Waals surface area (Å²) in [6.45, 7) is 10.6. The normalized spacial score (nSPS) is 15.2. The second kappa shape index (κ2) is 8.93. The van der Waals surface area contributed by atoms with Gasteiger partial charge in [0.05, 0.1) is 13.5 Å². The second-order valence-corrected chi connectivity index (χ2v) is 7.76. The number of carbonyl (C=O) groups excluding carboxylic acids is 2. The van der Waals surface area contributed by atoms with Gasteiger partial charge in [0.1, 0.15) is 11.4 Å². The zero-order chi connectivity index (χ0) is 20.0. The maximum atomic E-state index is 12.6. The molecule has 1 aliphatic rings. The lowest BCUT2D eigenvalue weighted by Crippen LogP contribution is -2.48. The molecule has 1 saturated heterocycles. The monoisotopic (exact) mass is 374 g/mol. The minimum absolute atomic E-state index is 0.0391. The smallest absolute Gasteiger partial charge is 0.407 e. The Labute approximate surface area is 161 Å². The first-order valence-electron chi connectivity index (χ1n) is 9.28. The Morgan fingerprint density at radius 3 is 2.52 bits per heavy atom. The van der Waals surface area contributed by atoms with Crippen LogP contribution in [0.2, 0.25) is 0 Å². The van der Waals surface area contributed by atoms with Gasteiger partial charge >= 0.3 is 6.09 Å². The van der Waals surface area contributed by atoms with Crippen LogP contribution in [-0.4, -0.2) is 48.7 Å². The number of likely N-dealkylation sites (tertiary alicyclic amines) is 1. The summed E-state index contributed by atoms with van der Waals surface area (Å²) in [7, 11) is 1.61. The molecule has 1 fully saturated rings. The summed E-state index contributed by atoms with van der Waals surface area (Å²) < 4.78 is 10.6. The van der Waals surface area contributed by atoms with Crippen molar-refractivity contribution in [2.24, 2.45) is 0 Å². The first-order chi connectivity index (χ1) is 12.7. The van der Waals surface area contributed by atoms with Crippen molar-refractivity contribution >= 4 is 18.1 Å². The second-order valence-electron chi connectivity index (χ2n) is 7.76. The molecule has 1 aliphatic heterocycles. The molecule has 0 saturated carbocycles. The van der Waals surface area contributed by atoms with E-state index < -0.39 is 11.7 Å². The molecule has 2 amide bonds. The molecule has 1 aromatic rings. The van der Waals surface area contributed by atoms with Gasteiger partial charge < -0.3 is 19.7 Å². The van der Waals surface area contributed by atoms with Gasteiger partial charge in [-0.2, -0.15) is 0 Å². The molecule has 27 heavy (non-hydrogen) atoms. The molecular formula is C21H30N2O4. The van der Waals surface area contributed by atoms with Gasteiger partial charge in [-0.15, -0.1) is 0 Å². The van der Waals surface area contributed by atoms with E-state index in [1.807, 2.05) is 43.9 Å². The van der Waals surface area contributed by atoms with Crippen molar-refractivity contribution in [3.05, 3.63) is 35.9 Å². The highest BCUT2D eigenvalue weighted by Gasteiger charge is 2.25. The van der Waals surface area contributed by atoms with Crippen molar-refractivity contribution in [3.63, 3.8) is 0 Å². The van der Waals surface area contributed by atoms with Crippen LogP contribution >= 0.6 is 0 Å². The molecule has 1 aromatic carbocycles. The van der Waals surface area contributed by atoms with E-state index in [1.54, 1.807) is 13.2 Å². The van der Waals surface area contributed by atoms with Crippen LogP contribution in [0.4, 0.5) is 4.79 Å². The van der Waals surface area contributed by atoms with Crippen LogP contribution < -0.4 is 10.1 Å². The number of amides is 2. The summed E-state index contributed by atoms with van der Waals surface area (Å²) in [5.41, 5.74) is 1.30. The van der Waals surface area contributed by atoms with Crippen molar-refractivity contribution in [1.82, 2.24) is 10.2 Å². The van der Waals surface area contributed by atoms with Gasteiger partial charge in [0.15, 0.2) is 0 Å². The van der Waals surface area contributed by atoms with Crippen LogP contribution in [0.5, 0.6) is 5.75 Å².